The molecule has 0 saturated carbocycles. The van der Waals surface area contributed by atoms with Crippen molar-refractivity contribution in [3.63, 3.8) is 0 Å². The van der Waals surface area contributed by atoms with Crippen LogP contribution < -0.4 is 4.74 Å². The Balaban J connectivity index is 1.51. The minimum Gasteiger partial charge on any atom is -0.423 e. The van der Waals surface area contributed by atoms with Crippen LogP contribution in [0.2, 0.25) is 0 Å². The lowest BCUT2D eigenvalue weighted by atomic mass is 10.0. The maximum Gasteiger partial charge on any atom is 0.311 e. The zero-order valence-electron chi connectivity index (χ0n) is 18.6. The van der Waals surface area contributed by atoms with Gasteiger partial charge in [0.05, 0.1) is 12.4 Å². The van der Waals surface area contributed by atoms with Gasteiger partial charge in [0.1, 0.15) is 0 Å². The summed E-state index contributed by atoms with van der Waals surface area (Å²) in [6, 6.07) is 17.4. The van der Waals surface area contributed by atoms with Crippen molar-refractivity contribution in [1.82, 2.24) is 9.97 Å². The van der Waals surface area contributed by atoms with Crippen molar-refractivity contribution in [2.75, 3.05) is 0 Å². The van der Waals surface area contributed by atoms with E-state index in [1.54, 1.807) is 12.4 Å². The van der Waals surface area contributed by atoms with Crippen molar-refractivity contribution in [3.05, 3.63) is 77.6 Å². The van der Waals surface area contributed by atoms with Gasteiger partial charge in [-0.2, -0.15) is 0 Å². The molecule has 0 aliphatic carbocycles. The van der Waals surface area contributed by atoms with Crippen LogP contribution >= 0.6 is 0 Å². The molecule has 0 N–H and O–H groups in total. The number of nitrogens with zero attached hydrogens (tertiary/aromatic N) is 2. The van der Waals surface area contributed by atoms with Gasteiger partial charge in [0.15, 0.2) is 11.6 Å². The van der Waals surface area contributed by atoms with Crippen molar-refractivity contribution in [2.24, 2.45) is 0 Å². The molecule has 4 nitrogen and oxygen atoms in total. The Hall–Kier alpha value is -3.01. The number of hydrogen-bond donors (Lipinski definition) is 0. The number of rotatable bonds is 11. The number of hydrogen-bond acceptors (Lipinski definition) is 4. The van der Waals surface area contributed by atoms with E-state index in [0.717, 1.165) is 24.8 Å². The van der Waals surface area contributed by atoms with Crippen LogP contribution in [-0.2, 0) is 24.1 Å². The van der Waals surface area contributed by atoms with Gasteiger partial charge in [-0.25, -0.2) is 9.97 Å². The van der Waals surface area contributed by atoms with Gasteiger partial charge in [0, 0.05) is 12.0 Å². The summed E-state index contributed by atoms with van der Waals surface area (Å²) in [6.07, 6.45) is 11.3. The van der Waals surface area contributed by atoms with Crippen molar-refractivity contribution in [2.45, 2.75) is 65.2 Å². The third-order valence-electron chi connectivity index (χ3n) is 5.32. The molecule has 31 heavy (non-hydrogen) atoms. The molecule has 0 spiro atoms. The van der Waals surface area contributed by atoms with Gasteiger partial charge >= 0.3 is 5.97 Å². The highest BCUT2D eigenvalue weighted by Gasteiger charge is 2.06. The van der Waals surface area contributed by atoms with Gasteiger partial charge in [-0.05, 0) is 48.8 Å². The van der Waals surface area contributed by atoms with E-state index < -0.39 is 0 Å². The summed E-state index contributed by atoms with van der Waals surface area (Å²) in [5.41, 5.74) is 5.06. The normalized spacial score (nSPS) is 10.8. The summed E-state index contributed by atoms with van der Waals surface area (Å²) in [6.45, 7) is 4.18. The van der Waals surface area contributed by atoms with Crippen LogP contribution in [0.15, 0.2) is 60.9 Å². The minimum absolute atomic E-state index is 0.255. The molecular formula is C27H32N2O2. The predicted molar refractivity (Wildman–Crippen MR) is 125 cm³/mol. The van der Waals surface area contributed by atoms with E-state index in [1.165, 1.54) is 42.4 Å². The Labute approximate surface area is 185 Å². The molecule has 3 aromatic rings. The van der Waals surface area contributed by atoms with Crippen molar-refractivity contribution in [3.8, 4) is 17.1 Å². The second-order valence-electron chi connectivity index (χ2n) is 7.94. The number of aromatic nitrogens is 2. The molecule has 0 fully saturated rings. The Kier molecular flexibility index (Phi) is 8.77. The maximum atomic E-state index is 11.6. The molecule has 0 aliphatic heterocycles. The molecular weight excluding hydrogens is 384 g/mol. The van der Waals surface area contributed by atoms with Crippen LogP contribution in [0.5, 0.6) is 5.75 Å². The molecule has 0 amide bonds. The molecule has 2 aromatic carbocycles. The number of ether oxygens (including phenoxy) is 1. The molecule has 0 aliphatic rings. The Morgan fingerprint density at radius 2 is 1.29 bits per heavy atom. The Morgan fingerprint density at radius 1 is 0.742 bits per heavy atom. The fourth-order valence-electron chi connectivity index (χ4n) is 3.47. The fourth-order valence-corrected chi connectivity index (χ4v) is 3.47. The lowest BCUT2D eigenvalue weighted by Gasteiger charge is -2.07. The molecule has 0 saturated heterocycles. The molecule has 1 aromatic heterocycles. The molecule has 162 valence electrons. The zero-order valence-corrected chi connectivity index (χ0v) is 18.6. The topological polar surface area (TPSA) is 52.1 Å². The quantitative estimate of drug-likeness (QED) is 0.269. The Morgan fingerprint density at radius 3 is 1.84 bits per heavy atom. The Bertz CT molecular complexity index is 932. The lowest BCUT2D eigenvalue weighted by Crippen LogP contribution is -2.07. The van der Waals surface area contributed by atoms with Gasteiger partial charge < -0.3 is 4.74 Å². The zero-order chi connectivity index (χ0) is 21.9. The number of benzene rings is 2. The van der Waals surface area contributed by atoms with Crippen LogP contribution in [-0.4, -0.2) is 15.9 Å². The molecule has 0 atom stereocenters. The largest absolute Gasteiger partial charge is 0.423 e. The maximum absolute atomic E-state index is 11.6. The number of carbonyl (C=O) groups excluding carboxylic acids is 1. The van der Waals surface area contributed by atoms with E-state index >= 15 is 0 Å². The average molecular weight is 417 g/mol. The summed E-state index contributed by atoms with van der Waals surface area (Å²) in [5.74, 6) is 0.755. The first-order chi connectivity index (χ1) is 15.2. The average Bonchev–Trinajstić information content (AvgIpc) is 2.80. The monoisotopic (exact) mass is 416 g/mol. The lowest BCUT2D eigenvalue weighted by molar-refractivity contribution is -0.134. The number of carbonyl (C=O) groups is 1. The SMILES string of the molecule is CCCCCc1ccc(CCc2ccc(-c3ncc(OC(=O)CCC)cn3)cc2)cc1. The second-order valence-corrected chi connectivity index (χ2v) is 7.94. The first-order valence-electron chi connectivity index (χ1n) is 11.4. The van der Waals surface area contributed by atoms with E-state index in [4.69, 9.17) is 4.74 Å². The van der Waals surface area contributed by atoms with Gasteiger partial charge in [-0.15, -0.1) is 0 Å². The first-order valence-corrected chi connectivity index (χ1v) is 11.4. The highest BCUT2D eigenvalue weighted by Crippen LogP contribution is 2.19. The number of unbranched alkanes of at least 4 members (excludes halogenated alkanes) is 2. The number of esters is 1. The van der Waals surface area contributed by atoms with E-state index in [2.05, 4.69) is 53.3 Å². The molecule has 4 heteroatoms. The second kappa shape index (κ2) is 12.0. The number of aryl methyl sites for hydroxylation is 3. The first kappa shape index (κ1) is 22.7. The van der Waals surface area contributed by atoms with E-state index in [-0.39, 0.29) is 5.97 Å². The smallest absolute Gasteiger partial charge is 0.311 e. The van der Waals surface area contributed by atoms with Crippen LogP contribution in [0, 0.1) is 0 Å². The minimum atomic E-state index is -0.255. The molecule has 0 unspecified atom stereocenters. The predicted octanol–water partition coefficient (Wildman–Crippen LogP) is 6.37. The summed E-state index contributed by atoms with van der Waals surface area (Å²) in [7, 11) is 0. The summed E-state index contributed by atoms with van der Waals surface area (Å²) in [4.78, 5) is 20.2. The van der Waals surface area contributed by atoms with Crippen LogP contribution in [0.4, 0.5) is 0 Å². The molecule has 1 heterocycles. The highest BCUT2D eigenvalue weighted by molar-refractivity contribution is 5.72. The van der Waals surface area contributed by atoms with Gasteiger partial charge in [0.2, 0.25) is 0 Å². The third-order valence-corrected chi connectivity index (χ3v) is 5.32. The van der Waals surface area contributed by atoms with Gasteiger partial charge in [-0.1, -0.05) is 75.2 Å². The molecule has 0 radical (unpaired) electrons. The van der Waals surface area contributed by atoms with E-state index in [0.29, 0.717) is 18.0 Å². The standard InChI is InChI=1S/C27H32N2O2/c1-3-5-6-8-21-9-11-22(12-10-21)13-14-23-15-17-24(18-16-23)27-28-19-25(20-29-27)31-26(30)7-4-2/h9-12,15-20H,3-8,13-14H2,1-2H3. The van der Waals surface area contributed by atoms with Crippen molar-refractivity contribution in [1.29, 1.82) is 0 Å². The summed E-state index contributed by atoms with van der Waals surface area (Å²) in [5, 5.41) is 0. The van der Waals surface area contributed by atoms with E-state index in [9.17, 15) is 4.79 Å². The third kappa shape index (κ3) is 7.32. The highest BCUT2D eigenvalue weighted by atomic mass is 16.5. The van der Waals surface area contributed by atoms with Crippen molar-refractivity contribution >= 4 is 5.97 Å². The van der Waals surface area contributed by atoms with Crippen LogP contribution in [0.3, 0.4) is 0 Å². The molecule has 3 rings (SSSR count). The molecule has 0 bridgehead atoms. The fraction of sp³-hybridized carbons (Fsp3) is 0.370. The van der Waals surface area contributed by atoms with Gasteiger partial charge in [-0.3, -0.25) is 4.79 Å². The van der Waals surface area contributed by atoms with Crippen molar-refractivity contribution < 1.29 is 9.53 Å². The van der Waals surface area contributed by atoms with E-state index in [1.807, 2.05) is 19.1 Å². The summed E-state index contributed by atoms with van der Waals surface area (Å²) >= 11 is 0. The summed E-state index contributed by atoms with van der Waals surface area (Å²) < 4.78 is 5.21. The van der Waals surface area contributed by atoms with Crippen LogP contribution in [0.25, 0.3) is 11.4 Å². The van der Waals surface area contributed by atoms with Gasteiger partial charge in [0.25, 0.3) is 0 Å². The van der Waals surface area contributed by atoms with Crippen LogP contribution in [0.1, 0.15) is 62.6 Å².